The van der Waals surface area contributed by atoms with Gasteiger partial charge in [-0.3, -0.25) is 4.79 Å². The minimum atomic E-state index is -0.478. The molecule has 6 heteroatoms. The molecule has 3 rings (SSSR count). The molecule has 2 aromatic carbocycles. The van der Waals surface area contributed by atoms with Crippen molar-refractivity contribution in [3.05, 3.63) is 54.3 Å². The van der Waals surface area contributed by atoms with Crippen LogP contribution in [0.3, 0.4) is 0 Å². The number of nitrogens with zero attached hydrogens (tertiary/aromatic N) is 2. The Hall–Kier alpha value is -2.76. The van der Waals surface area contributed by atoms with Crippen molar-refractivity contribution < 1.29 is 18.7 Å². The van der Waals surface area contributed by atoms with Gasteiger partial charge >= 0.3 is 0 Å². The number of amides is 1. The van der Waals surface area contributed by atoms with E-state index in [-0.39, 0.29) is 24.4 Å². The number of anilines is 1. The first-order chi connectivity index (χ1) is 12.6. The number of carbonyl (C=O) groups is 1. The van der Waals surface area contributed by atoms with E-state index in [4.69, 9.17) is 9.47 Å². The van der Waals surface area contributed by atoms with Gasteiger partial charge in [0, 0.05) is 13.6 Å². The van der Waals surface area contributed by atoms with Crippen LogP contribution < -0.4 is 14.4 Å². The fraction of sp³-hybridized carbons (Fsp3) is 0.350. The lowest BCUT2D eigenvalue weighted by Crippen LogP contribution is -2.47. The Morgan fingerprint density at radius 3 is 2.77 bits per heavy atom. The molecule has 1 heterocycles. The van der Waals surface area contributed by atoms with Crippen LogP contribution in [0, 0.1) is 5.82 Å². The summed E-state index contributed by atoms with van der Waals surface area (Å²) in [6, 6.07) is 13.9. The molecule has 5 nitrogen and oxygen atoms in total. The van der Waals surface area contributed by atoms with Crippen LogP contribution in [0.2, 0.25) is 0 Å². The van der Waals surface area contributed by atoms with Gasteiger partial charge in [0.2, 0.25) is 0 Å². The van der Waals surface area contributed by atoms with Crippen LogP contribution in [0.4, 0.5) is 10.1 Å². The van der Waals surface area contributed by atoms with Crippen LogP contribution in [0.25, 0.3) is 0 Å². The maximum Gasteiger partial charge on any atom is 0.260 e. The molecule has 0 aliphatic carbocycles. The summed E-state index contributed by atoms with van der Waals surface area (Å²) in [5, 5.41) is 0. The lowest BCUT2D eigenvalue weighted by atomic mass is 10.2. The van der Waals surface area contributed by atoms with Crippen molar-refractivity contribution in [2.24, 2.45) is 0 Å². The summed E-state index contributed by atoms with van der Waals surface area (Å²) in [6.07, 6.45) is -0.132. The largest absolute Gasteiger partial charge is 0.485 e. The number of likely N-dealkylation sites (N-methyl/N-ethyl adjacent to an activating group) is 2. The van der Waals surface area contributed by atoms with Crippen molar-refractivity contribution in [1.29, 1.82) is 0 Å². The summed E-state index contributed by atoms with van der Waals surface area (Å²) in [5.41, 5.74) is 1.07. The zero-order valence-corrected chi connectivity index (χ0v) is 15.0. The summed E-state index contributed by atoms with van der Waals surface area (Å²) >= 11 is 0. The van der Waals surface area contributed by atoms with E-state index in [1.54, 1.807) is 24.1 Å². The fourth-order valence-electron chi connectivity index (χ4n) is 2.99. The monoisotopic (exact) mass is 358 g/mol. The van der Waals surface area contributed by atoms with Crippen molar-refractivity contribution in [2.75, 3.05) is 38.2 Å². The van der Waals surface area contributed by atoms with Gasteiger partial charge < -0.3 is 19.3 Å². The van der Waals surface area contributed by atoms with Crippen molar-refractivity contribution in [3.8, 4) is 11.5 Å². The first-order valence-corrected chi connectivity index (χ1v) is 8.70. The lowest BCUT2D eigenvalue weighted by Gasteiger charge is -2.37. The van der Waals surface area contributed by atoms with Crippen LogP contribution in [0.5, 0.6) is 11.5 Å². The molecule has 0 unspecified atom stereocenters. The van der Waals surface area contributed by atoms with E-state index in [2.05, 4.69) is 11.8 Å². The molecule has 1 aliphatic rings. The summed E-state index contributed by atoms with van der Waals surface area (Å²) in [6.45, 7) is 3.89. The molecule has 0 radical (unpaired) electrons. The van der Waals surface area contributed by atoms with Gasteiger partial charge in [0.1, 0.15) is 11.9 Å². The molecular weight excluding hydrogens is 335 g/mol. The SMILES string of the molecule is CCN1C[C@@H](CN(C)C(=O)COc2ccccc2F)Oc2ccccc21. The number of ether oxygens (including phenoxy) is 2. The number of hydrogen-bond acceptors (Lipinski definition) is 4. The van der Waals surface area contributed by atoms with E-state index in [1.165, 1.54) is 12.1 Å². The number of fused-ring (bicyclic) bond motifs is 1. The third-order valence-electron chi connectivity index (χ3n) is 4.40. The van der Waals surface area contributed by atoms with Gasteiger partial charge in [-0.2, -0.15) is 0 Å². The number of hydrogen-bond donors (Lipinski definition) is 0. The molecule has 138 valence electrons. The van der Waals surface area contributed by atoms with Crippen LogP contribution in [-0.2, 0) is 4.79 Å². The Labute approximate surface area is 152 Å². The molecule has 0 N–H and O–H groups in total. The van der Waals surface area contributed by atoms with E-state index in [1.807, 2.05) is 24.3 Å². The average molecular weight is 358 g/mol. The highest BCUT2D eigenvalue weighted by atomic mass is 19.1. The van der Waals surface area contributed by atoms with Gasteiger partial charge in [0.15, 0.2) is 18.2 Å². The fourth-order valence-corrected chi connectivity index (χ4v) is 2.99. The molecule has 0 spiro atoms. The first-order valence-electron chi connectivity index (χ1n) is 8.70. The standard InChI is InChI=1S/C20H23FN2O3/c1-3-23-13-15(26-19-11-7-5-9-17(19)23)12-22(2)20(24)14-25-18-10-6-4-8-16(18)21/h4-11,15H,3,12-14H2,1-2H3/t15-/m1/s1. The molecule has 2 aromatic rings. The minimum absolute atomic E-state index is 0.0780. The van der Waals surface area contributed by atoms with Crippen molar-refractivity contribution >= 4 is 11.6 Å². The highest BCUT2D eigenvalue weighted by Crippen LogP contribution is 2.32. The molecule has 0 saturated heterocycles. The van der Waals surface area contributed by atoms with E-state index in [0.29, 0.717) is 13.1 Å². The molecule has 0 aromatic heterocycles. The Balaban J connectivity index is 1.57. The molecule has 0 saturated carbocycles. The maximum atomic E-state index is 13.6. The molecular formula is C20H23FN2O3. The van der Waals surface area contributed by atoms with Crippen molar-refractivity contribution in [2.45, 2.75) is 13.0 Å². The van der Waals surface area contributed by atoms with E-state index < -0.39 is 5.82 Å². The first kappa shape index (κ1) is 18.0. The predicted molar refractivity (Wildman–Crippen MR) is 98.3 cm³/mol. The second kappa shape index (κ2) is 8.08. The molecule has 1 amide bonds. The number of halogens is 1. The lowest BCUT2D eigenvalue weighted by molar-refractivity contribution is -0.133. The van der Waals surface area contributed by atoms with Crippen molar-refractivity contribution in [1.82, 2.24) is 4.90 Å². The third kappa shape index (κ3) is 4.07. The van der Waals surface area contributed by atoms with E-state index >= 15 is 0 Å². The van der Waals surface area contributed by atoms with Crippen LogP contribution in [-0.4, -0.2) is 50.2 Å². The number of para-hydroxylation sites is 3. The van der Waals surface area contributed by atoms with Gasteiger partial charge in [0.25, 0.3) is 5.91 Å². The summed E-state index contributed by atoms with van der Waals surface area (Å²) < 4.78 is 24.9. The Bertz CT molecular complexity index is 768. The smallest absolute Gasteiger partial charge is 0.260 e. The second-order valence-corrected chi connectivity index (χ2v) is 6.24. The third-order valence-corrected chi connectivity index (χ3v) is 4.40. The average Bonchev–Trinajstić information content (AvgIpc) is 2.66. The summed E-state index contributed by atoms with van der Waals surface area (Å²) in [5.74, 6) is 0.204. The highest BCUT2D eigenvalue weighted by Gasteiger charge is 2.26. The number of carbonyl (C=O) groups excluding carboxylic acids is 1. The Morgan fingerprint density at radius 1 is 1.27 bits per heavy atom. The zero-order valence-electron chi connectivity index (χ0n) is 15.0. The maximum absolute atomic E-state index is 13.6. The zero-order chi connectivity index (χ0) is 18.5. The topological polar surface area (TPSA) is 42.0 Å². The van der Waals surface area contributed by atoms with Crippen LogP contribution >= 0.6 is 0 Å². The quantitative estimate of drug-likeness (QED) is 0.796. The normalized spacial score (nSPS) is 15.8. The van der Waals surface area contributed by atoms with Gasteiger partial charge in [-0.05, 0) is 31.2 Å². The number of rotatable bonds is 6. The van der Waals surface area contributed by atoms with E-state index in [0.717, 1.165) is 18.0 Å². The van der Waals surface area contributed by atoms with Gasteiger partial charge in [-0.15, -0.1) is 0 Å². The summed E-state index contributed by atoms with van der Waals surface area (Å²) in [7, 11) is 1.70. The number of benzene rings is 2. The Kier molecular flexibility index (Phi) is 5.61. The molecule has 0 fully saturated rings. The van der Waals surface area contributed by atoms with Crippen LogP contribution in [0.15, 0.2) is 48.5 Å². The molecule has 1 atom stereocenters. The van der Waals surface area contributed by atoms with Gasteiger partial charge in [-0.1, -0.05) is 24.3 Å². The highest BCUT2D eigenvalue weighted by molar-refractivity contribution is 5.77. The molecule has 26 heavy (non-hydrogen) atoms. The predicted octanol–water partition coefficient (Wildman–Crippen LogP) is 2.95. The Morgan fingerprint density at radius 2 is 2.00 bits per heavy atom. The van der Waals surface area contributed by atoms with E-state index in [9.17, 15) is 9.18 Å². The van der Waals surface area contributed by atoms with Gasteiger partial charge in [0.05, 0.1) is 18.8 Å². The van der Waals surface area contributed by atoms with Crippen molar-refractivity contribution in [3.63, 3.8) is 0 Å². The minimum Gasteiger partial charge on any atom is -0.485 e. The van der Waals surface area contributed by atoms with Gasteiger partial charge in [-0.25, -0.2) is 4.39 Å². The second-order valence-electron chi connectivity index (χ2n) is 6.24. The molecule has 0 bridgehead atoms. The van der Waals surface area contributed by atoms with Crippen LogP contribution in [0.1, 0.15) is 6.92 Å². The summed E-state index contributed by atoms with van der Waals surface area (Å²) in [4.78, 5) is 16.1. The molecule has 1 aliphatic heterocycles.